The molecule has 0 amide bonds. The molecule has 0 aliphatic carbocycles. The van der Waals surface area contributed by atoms with Gasteiger partial charge in [0.2, 0.25) is 5.78 Å². The topological polar surface area (TPSA) is 74.4 Å². The first kappa shape index (κ1) is 22.0. The van der Waals surface area contributed by atoms with Crippen LogP contribution in [0.2, 0.25) is 10.0 Å². The van der Waals surface area contributed by atoms with E-state index in [9.17, 15) is 13.6 Å². The summed E-state index contributed by atoms with van der Waals surface area (Å²) in [6, 6.07) is 9.86. The highest BCUT2D eigenvalue weighted by atomic mass is 35.5. The highest BCUT2D eigenvalue weighted by molar-refractivity contribution is 6.36. The molecule has 0 saturated heterocycles. The number of aromatic nitrogens is 1. The van der Waals surface area contributed by atoms with Gasteiger partial charge in [-0.1, -0.05) is 35.3 Å². The number of nitrogen functional groups attached to an aromatic ring is 1. The lowest BCUT2D eigenvalue weighted by Gasteiger charge is -2.12. The predicted molar refractivity (Wildman–Crippen MR) is 111 cm³/mol. The van der Waals surface area contributed by atoms with Crippen LogP contribution < -0.4 is 10.5 Å². The second-order valence-corrected chi connectivity index (χ2v) is 7.03. The van der Waals surface area contributed by atoms with E-state index in [2.05, 4.69) is 4.98 Å². The van der Waals surface area contributed by atoms with Crippen LogP contribution in [0.5, 0.6) is 5.75 Å². The standard InChI is InChI=1S/C21H16Cl2F2N2O3/c1-29-21-14(22)7-6-13(19(21)25)16-8-15(26)18(23)20(27-16)17(28)10-30-9-11-2-4-12(24)5-3-11/h2-8H,9-10H2,1H3,(H2,26,27). The van der Waals surface area contributed by atoms with Gasteiger partial charge in [0.15, 0.2) is 11.6 Å². The molecule has 3 rings (SSSR count). The molecule has 0 fully saturated rings. The van der Waals surface area contributed by atoms with Gasteiger partial charge in [0.1, 0.15) is 18.1 Å². The molecule has 0 aliphatic rings. The smallest absolute Gasteiger partial charge is 0.208 e. The summed E-state index contributed by atoms with van der Waals surface area (Å²) in [4.78, 5) is 16.8. The number of benzene rings is 2. The van der Waals surface area contributed by atoms with Crippen LogP contribution in [0.1, 0.15) is 16.1 Å². The first-order chi connectivity index (χ1) is 14.3. The zero-order valence-electron chi connectivity index (χ0n) is 15.7. The van der Waals surface area contributed by atoms with E-state index in [1.807, 2.05) is 0 Å². The minimum absolute atomic E-state index is 0.0425. The second-order valence-electron chi connectivity index (χ2n) is 6.24. The normalized spacial score (nSPS) is 10.8. The summed E-state index contributed by atoms with van der Waals surface area (Å²) in [5.74, 6) is -1.81. The monoisotopic (exact) mass is 452 g/mol. The Hall–Kier alpha value is -2.74. The third-order valence-corrected chi connectivity index (χ3v) is 4.89. The van der Waals surface area contributed by atoms with E-state index in [1.165, 1.54) is 37.4 Å². The van der Waals surface area contributed by atoms with Crippen LogP contribution in [0.15, 0.2) is 42.5 Å². The van der Waals surface area contributed by atoms with E-state index in [4.69, 9.17) is 38.4 Å². The Bertz CT molecular complexity index is 1090. The quantitative estimate of drug-likeness (QED) is 0.490. The van der Waals surface area contributed by atoms with E-state index in [0.717, 1.165) is 0 Å². The number of halogens is 4. The number of anilines is 1. The molecular formula is C21H16Cl2F2N2O3. The summed E-state index contributed by atoms with van der Waals surface area (Å²) in [5, 5.41) is 0.0293. The van der Waals surface area contributed by atoms with E-state index < -0.39 is 11.6 Å². The van der Waals surface area contributed by atoms with Crippen molar-refractivity contribution >= 4 is 34.7 Å². The Labute approximate surface area is 181 Å². The zero-order valence-corrected chi connectivity index (χ0v) is 17.2. The van der Waals surface area contributed by atoms with Gasteiger partial charge in [-0.25, -0.2) is 13.8 Å². The van der Waals surface area contributed by atoms with Gasteiger partial charge in [-0.05, 0) is 35.9 Å². The van der Waals surface area contributed by atoms with E-state index in [1.54, 1.807) is 12.1 Å². The fourth-order valence-corrected chi connectivity index (χ4v) is 3.13. The first-order valence-electron chi connectivity index (χ1n) is 8.65. The lowest BCUT2D eigenvalue weighted by Crippen LogP contribution is -2.13. The average Bonchev–Trinajstić information content (AvgIpc) is 2.72. The van der Waals surface area contributed by atoms with Gasteiger partial charge in [-0.15, -0.1) is 0 Å². The number of hydrogen-bond donors (Lipinski definition) is 1. The van der Waals surface area contributed by atoms with Crippen LogP contribution >= 0.6 is 23.2 Å². The molecule has 3 aromatic rings. The minimum atomic E-state index is -0.745. The number of Topliss-reactive ketones (excluding diaryl/α,β-unsaturated/α-hetero) is 1. The molecule has 1 heterocycles. The van der Waals surface area contributed by atoms with Crippen LogP contribution in [0.3, 0.4) is 0 Å². The molecule has 5 nitrogen and oxygen atoms in total. The summed E-state index contributed by atoms with van der Waals surface area (Å²) in [5.41, 5.74) is 6.62. The fraction of sp³-hybridized carbons (Fsp3) is 0.143. The number of nitrogens with two attached hydrogens (primary N) is 1. The maximum Gasteiger partial charge on any atom is 0.208 e. The van der Waals surface area contributed by atoms with Gasteiger partial charge in [0.05, 0.1) is 35.1 Å². The summed E-state index contributed by atoms with van der Waals surface area (Å²) >= 11 is 12.1. The first-order valence-corrected chi connectivity index (χ1v) is 9.41. The molecule has 30 heavy (non-hydrogen) atoms. The van der Waals surface area contributed by atoms with Crippen molar-refractivity contribution in [3.05, 3.63) is 75.4 Å². The van der Waals surface area contributed by atoms with Crippen LogP contribution in [0.25, 0.3) is 11.3 Å². The highest BCUT2D eigenvalue weighted by Crippen LogP contribution is 2.36. The van der Waals surface area contributed by atoms with Gasteiger partial charge >= 0.3 is 0 Å². The van der Waals surface area contributed by atoms with Crippen LogP contribution in [-0.4, -0.2) is 24.5 Å². The molecular weight excluding hydrogens is 437 g/mol. The van der Waals surface area contributed by atoms with Gasteiger partial charge in [-0.3, -0.25) is 4.79 Å². The van der Waals surface area contributed by atoms with Crippen molar-refractivity contribution in [1.29, 1.82) is 0 Å². The molecule has 0 unspecified atom stereocenters. The molecule has 2 aromatic carbocycles. The number of nitrogens with zero attached hydrogens (tertiary/aromatic N) is 1. The number of ketones is 1. The Balaban J connectivity index is 1.84. The number of carbonyl (C=O) groups is 1. The maximum absolute atomic E-state index is 14.7. The van der Waals surface area contributed by atoms with Crippen LogP contribution in [0, 0.1) is 11.6 Å². The molecule has 0 bridgehead atoms. The predicted octanol–water partition coefficient (Wildman–Crippen LogP) is 5.32. The number of ether oxygens (including phenoxy) is 2. The van der Waals surface area contributed by atoms with E-state index in [0.29, 0.717) is 5.56 Å². The van der Waals surface area contributed by atoms with E-state index >= 15 is 0 Å². The molecule has 0 atom stereocenters. The van der Waals surface area contributed by atoms with Crippen molar-refractivity contribution < 1.29 is 23.0 Å². The Kier molecular flexibility index (Phi) is 6.87. The largest absolute Gasteiger partial charge is 0.492 e. The number of pyridine rings is 1. The SMILES string of the molecule is COc1c(Cl)ccc(-c2cc(N)c(Cl)c(C(=O)COCc3ccc(F)cc3)n2)c1F. The number of methoxy groups -OCH3 is 1. The van der Waals surface area contributed by atoms with Crippen molar-refractivity contribution in [3.8, 4) is 17.0 Å². The van der Waals surface area contributed by atoms with Gasteiger partial charge in [-0.2, -0.15) is 0 Å². The molecule has 1 aromatic heterocycles. The summed E-state index contributed by atoms with van der Waals surface area (Å²) in [6.07, 6.45) is 0. The molecule has 0 spiro atoms. The lowest BCUT2D eigenvalue weighted by molar-refractivity contribution is 0.0722. The number of hydrogen-bond acceptors (Lipinski definition) is 5. The number of rotatable bonds is 7. The highest BCUT2D eigenvalue weighted by Gasteiger charge is 2.21. The Morgan fingerprint density at radius 1 is 1.13 bits per heavy atom. The fourth-order valence-electron chi connectivity index (χ4n) is 2.70. The second kappa shape index (κ2) is 9.38. The molecule has 2 N–H and O–H groups in total. The zero-order chi connectivity index (χ0) is 21.8. The summed E-state index contributed by atoms with van der Waals surface area (Å²) in [6.45, 7) is -0.263. The molecule has 0 radical (unpaired) electrons. The maximum atomic E-state index is 14.7. The Morgan fingerprint density at radius 3 is 2.50 bits per heavy atom. The number of carbonyl (C=O) groups excluding carboxylic acids is 1. The van der Waals surface area contributed by atoms with E-state index in [-0.39, 0.29) is 57.5 Å². The van der Waals surface area contributed by atoms with Crippen LogP contribution in [-0.2, 0) is 11.3 Å². The van der Waals surface area contributed by atoms with Crippen LogP contribution in [0.4, 0.5) is 14.5 Å². The average molecular weight is 453 g/mol. The molecule has 0 saturated carbocycles. The summed E-state index contributed by atoms with van der Waals surface area (Å²) in [7, 11) is 1.28. The lowest BCUT2D eigenvalue weighted by atomic mass is 10.1. The third-order valence-electron chi connectivity index (χ3n) is 4.19. The molecule has 0 aliphatic heterocycles. The van der Waals surface area contributed by atoms with Crippen molar-refractivity contribution in [2.45, 2.75) is 6.61 Å². The van der Waals surface area contributed by atoms with Crippen molar-refractivity contribution in [2.24, 2.45) is 0 Å². The Morgan fingerprint density at radius 2 is 1.83 bits per heavy atom. The van der Waals surface area contributed by atoms with Gasteiger partial charge < -0.3 is 15.2 Å². The minimum Gasteiger partial charge on any atom is -0.492 e. The van der Waals surface area contributed by atoms with Crippen molar-refractivity contribution in [3.63, 3.8) is 0 Å². The molecule has 9 heteroatoms. The third kappa shape index (κ3) is 4.70. The van der Waals surface area contributed by atoms with Crippen molar-refractivity contribution in [1.82, 2.24) is 4.98 Å². The summed E-state index contributed by atoms with van der Waals surface area (Å²) < 4.78 is 38.0. The molecule has 156 valence electrons. The van der Waals surface area contributed by atoms with Gasteiger partial charge in [0, 0.05) is 5.56 Å². The van der Waals surface area contributed by atoms with Crippen molar-refractivity contribution in [2.75, 3.05) is 19.5 Å². The van der Waals surface area contributed by atoms with Gasteiger partial charge in [0.25, 0.3) is 0 Å².